The summed E-state index contributed by atoms with van der Waals surface area (Å²) in [7, 11) is 0. The third kappa shape index (κ3) is 5.18. The van der Waals surface area contributed by atoms with Crippen molar-refractivity contribution in [3.8, 4) is 0 Å². The summed E-state index contributed by atoms with van der Waals surface area (Å²) in [6.07, 6.45) is 4.32. The predicted molar refractivity (Wildman–Crippen MR) is 99.7 cm³/mol. The third-order valence-electron chi connectivity index (χ3n) is 4.42. The van der Waals surface area contributed by atoms with Crippen molar-refractivity contribution in [2.75, 3.05) is 5.32 Å². The van der Waals surface area contributed by atoms with E-state index in [1.54, 1.807) is 24.3 Å². The Kier molecular flexibility index (Phi) is 5.49. The van der Waals surface area contributed by atoms with Gasteiger partial charge in [-0.15, -0.1) is 0 Å². The average Bonchev–Trinajstić information content (AvgIpc) is 3.45. The molecule has 0 aromatic heterocycles. The number of aryl methyl sites for hydroxylation is 2. The lowest BCUT2D eigenvalue weighted by molar-refractivity contribution is -0.116. The van der Waals surface area contributed by atoms with Crippen LogP contribution in [0.4, 0.5) is 5.69 Å². The van der Waals surface area contributed by atoms with Crippen LogP contribution in [-0.2, 0) is 17.6 Å². The van der Waals surface area contributed by atoms with E-state index in [1.807, 2.05) is 0 Å². The molecular formula is C21H24N2O2. The van der Waals surface area contributed by atoms with Gasteiger partial charge in [0.1, 0.15) is 0 Å². The van der Waals surface area contributed by atoms with Gasteiger partial charge in [-0.1, -0.05) is 31.2 Å². The lowest BCUT2D eigenvalue weighted by Gasteiger charge is -2.07. The fraction of sp³-hybridized carbons (Fsp3) is 0.333. The molecule has 1 fully saturated rings. The molecule has 0 saturated heterocycles. The molecule has 0 spiro atoms. The highest BCUT2D eigenvalue weighted by molar-refractivity contribution is 5.96. The molecular weight excluding hydrogens is 312 g/mol. The molecule has 3 rings (SSSR count). The molecule has 0 bridgehead atoms. The zero-order chi connectivity index (χ0) is 17.6. The Balaban J connectivity index is 1.47. The molecule has 2 aromatic carbocycles. The Labute approximate surface area is 148 Å². The van der Waals surface area contributed by atoms with Crippen molar-refractivity contribution < 1.29 is 9.59 Å². The molecule has 0 radical (unpaired) electrons. The molecule has 25 heavy (non-hydrogen) atoms. The van der Waals surface area contributed by atoms with E-state index in [9.17, 15) is 9.59 Å². The van der Waals surface area contributed by atoms with Gasteiger partial charge < -0.3 is 10.6 Å². The number of carbonyl (C=O) groups is 2. The first-order valence-electron chi connectivity index (χ1n) is 8.92. The van der Waals surface area contributed by atoms with Crippen molar-refractivity contribution in [1.82, 2.24) is 5.32 Å². The number of anilines is 1. The maximum Gasteiger partial charge on any atom is 0.251 e. The van der Waals surface area contributed by atoms with Gasteiger partial charge in [-0.25, -0.2) is 0 Å². The second-order valence-electron chi connectivity index (χ2n) is 6.54. The van der Waals surface area contributed by atoms with Crippen LogP contribution in [0, 0.1) is 0 Å². The minimum Gasteiger partial charge on any atom is -0.349 e. The van der Waals surface area contributed by atoms with Crippen molar-refractivity contribution in [3.05, 3.63) is 65.2 Å². The number of rotatable bonds is 7. The van der Waals surface area contributed by atoms with E-state index in [0.717, 1.165) is 25.7 Å². The van der Waals surface area contributed by atoms with E-state index >= 15 is 0 Å². The van der Waals surface area contributed by atoms with E-state index < -0.39 is 0 Å². The average molecular weight is 336 g/mol. The van der Waals surface area contributed by atoms with Gasteiger partial charge in [0.05, 0.1) is 0 Å². The molecule has 4 nitrogen and oxygen atoms in total. The van der Waals surface area contributed by atoms with Gasteiger partial charge in [0.25, 0.3) is 5.91 Å². The standard InChI is InChI=1S/C21H24N2O2/c1-2-15-3-5-16(6-4-15)7-14-20(24)22-18-10-8-17(9-11-18)21(25)23-19-12-13-19/h3-6,8-11,19H,2,7,12-14H2,1H3,(H,22,24)(H,23,25). The van der Waals surface area contributed by atoms with E-state index in [4.69, 9.17) is 0 Å². The van der Waals surface area contributed by atoms with Crippen LogP contribution in [0.1, 0.15) is 47.7 Å². The topological polar surface area (TPSA) is 58.2 Å². The largest absolute Gasteiger partial charge is 0.349 e. The van der Waals surface area contributed by atoms with Crippen LogP contribution in [0.15, 0.2) is 48.5 Å². The molecule has 130 valence electrons. The van der Waals surface area contributed by atoms with Crippen LogP contribution in [-0.4, -0.2) is 17.9 Å². The van der Waals surface area contributed by atoms with Crippen LogP contribution in [0.5, 0.6) is 0 Å². The second-order valence-corrected chi connectivity index (χ2v) is 6.54. The van der Waals surface area contributed by atoms with Gasteiger partial charge >= 0.3 is 0 Å². The van der Waals surface area contributed by atoms with Crippen molar-refractivity contribution >= 4 is 17.5 Å². The van der Waals surface area contributed by atoms with Crippen molar-refractivity contribution in [1.29, 1.82) is 0 Å². The molecule has 1 saturated carbocycles. The van der Waals surface area contributed by atoms with E-state index in [1.165, 1.54) is 11.1 Å². The number of hydrogen-bond acceptors (Lipinski definition) is 2. The fourth-order valence-corrected chi connectivity index (χ4v) is 2.62. The lowest BCUT2D eigenvalue weighted by atomic mass is 10.1. The molecule has 0 heterocycles. The Hall–Kier alpha value is -2.62. The number of amides is 2. The number of carbonyl (C=O) groups excluding carboxylic acids is 2. The van der Waals surface area contributed by atoms with Crippen LogP contribution < -0.4 is 10.6 Å². The number of benzene rings is 2. The summed E-state index contributed by atoms with van der Waals surface area (Å²) in [6, 6.07) is 15.8. The van der Waals surface area contributed by atoms with Crippen LogP contribution in [0.3, 0.4) is 0 Å². The smallest absolute Gasteiger partial charge is 0.251 e. The van der Waals surface area contributed by atoms with Gasteiger partial charge in [0.15, 0.2) is 0 Å². The quantitative estimate of drug-likeness (QED) is 0.810. The van der Waals surface area contributed by atoms with E-state index in [2.05, 4.69) is 41.8 Å². The zero-order valence-electron chi connectivity index (χ0n) is 14.5. The van der Waals surface area contributed by atoms with Crippen molar-refractivity contribution in [3.63, 3.8) is 0 Å². The van der Waals surface area contributed by atoms with Crippen LogP contribution >= 0.6 is 0 Å². The molecule has 2 aromatic rings. The Morgan fingerprint density at radius 1 is 0.960 bits per heavy atom. The fourth-order valence-electron chi connectivity index (χ4n) is 2.62. The lowest BCUT2D eigenvalue weighted by Crippen LogP contribution is -2.25. The number of nitrogens with one attached hydrogen (secondary N) is 2. The van der Waals surface area contributed by atoms with Gasteiger partial charge in [0, 0.05) is 23.7 Å². The van der Waals surface area contributed by atoms with Gasteiger partial charge in [-0.05, 0) is 61.1 Å². The molecule has 0 aliphatic heterocycles. The second kappa shape index (κ2) is 7.97. The number of hydrogen-bond donors (Lipinski definition) is 2. The summed E-state index contributed by atoms with van der Waals surface area (Å²) in [5.74, 6) is -0.0642. The highest BCUT2D eigenvalue weighted by Crippen LogP contribution is 2.19. The molecule has 4 heteroatoms. The predicted octanol–water partition coefficient (Wildman–Crippen LogP) is 3.71. The van der Waals surface area contributed by atoms with Crippen LogP contribution in [0.25, 0.3) is 0 Å². The van der Waals surface area contributed by atoms with E-state index in [0.29, 0.717) is 23.7 Å². The maximum absolute atomic E-state index is 12.1. The first-order valence-corrected chi connectivity index (χ1v) is 8.92. The first kappa shape index (κ1) is 17.2. The van der Waals surface area contributed by atoms with Crippen LogP contribution in [0.2, 0.25) is 0 Å². The van der Waals surface area contributed by atoms with Crippen molar-refractivity contribution in [2.45, 2.75) is 45.1 Å². The monoisotopic (exact) mass is 336 g/mol. The van der Waals surface area contributed by atoms with Gasteiger partial charge in [-0.3, -0.25) is 9.59 Å². The first-order chi connectivity index (χ1) is 12.1. The highest BCUT2D eigenvalue weighted by Gasteiger charge is 2.23. The summed E-state index contributed by atoms with van der Waals surface area (Å²) in [5, 5.41) is 5.83. The van der Waals surface area contributed by atoms with Gasteiger partial charge in [-0.2, -0.15) is 0 Å². The summed E-state index contributed by atoms with van der Waals surface area (Å²) in [6.45, 7) is 2.13. The molecule has 0 unspecified atom stereocenters. The minimum absolute atomic E-state index is 0.0187. The summed E-state index contributed by atoms with van der Waals surface area (Å²) in [5.41, 5.74) is 3.81. The third-order valence-corrected chi connectivity index (χ3v) is 4.42. The summed E-state index contributed by atoms with van der Waals surface area (Å²) in [4.78, 5) is 24.0. The Morgan fingerprint density at radius 3 is 2.20 bits per heavy atom. The molecule has 1 aliphatic carbocycles. The SMILES string of the molecule is CCc1ccc(CCC(=O)Nc2ccc(C(=O)NC3CC3)cc2)cc1. The van der Waals surface area contributed by atoms with Crippen molar-refractivity contribution in [2.24, 2.45) is 0 Å². The molecule has 2 N–H and O–H groups in total. The minimum atomic E-state index is -0.0455. The Bertz CT molecular complexity index is 731. The molecule has 0 atom stereocenters. The molecule has 2 amide bonds. The van der Waals surface area contributed by atoms with E-state index in [-0.39, 0.29) is 11.8 Å². The maximum atomic E-state index is 12.1. The van der Waals surface area contributed by atoms with Gasteiger partial charge in [0.2, 0.25) is 5.91 Å². The zero-order valence-corrected chi connectivity index (χ0v) is 14.5. The normalized spacial score (nSPS) is 13.3. The Morgan fingerprint density at radius 2 is 1.60 bits per heavy atom. The summed E-state index contributed by atoms with van der Waals surface area (Å²) >= 11 is 0. The molecule has 1 aliphatic rings. The highest BCUT2D eigenvalue weighted by atomic mass is 16.2. The summed E-state index contributed by atoms with van der Waals surface area (Å²) < 4.78 is 0.